The highest BCUT2D eigenvalue weighted by Crippen LogP contribution is 2.44. The predicted octanol–water partition coefficient (Wildman–Crippen LogP) is 7.26. The number of benzene rings is 2. The highest BCUT2D eigenvalue weighted by Gasteiger charge is 2.36. The van der Waals surface area contributed by atoms with Gasteiger partial charge in [0.15, 0.2) is 0 Å². The van der Waals surface area contributed by atoms with E-state index in [1.807, 2.05) is 47.4 Å². The van der Waals surface area contributed by atoms with Crippen LogP contribution < -0.4 is 10.1 Å². The van der Waals surface area contributed by atoms with Crippen LogP contribution in [0.1, 0.15) is 58.6 Å². The van der Waals surface area contributed by atoms with E-state index in [-0.39, 0.29) is 12.1 Å². The van der Waals surface area contributed by atoms with Crippen molar-refractivity contribution in [2.45, 2.75) is 52.1 Å². The maximum absolute atomic E-state index is 14.1. The minimum absolute atomic E-state index is 0.120. The molecule has 2 amide bonds. The van der Waals surface area contributed by atoms with Gasteiger partial charge < -0.3 is 19.5 Å². The van der Waals surface area contributed by atoms with Gasteiger partial charge in [0.25, 0.3) is 0 Å². The number of para-hydroxylation sites is 2. The van der Waals surface area contributed by atoms with Crippen LogP contribution in [-0.2, 0) is 19.4 Å². The lowest BCUT2D eigenvalue weighted by atomic mass is 9.95. The molecule has 5 nitrogen and oxygen atoms in total. The van der Waals surface area contributed by atoms with Crippen molar-refractivity contribution in [2.24, 2.45) is 0 Å². The van der Waals surface area contributed by atoms with Gasteiger partial charge in [0.2, 0.25) is 0 Å². The molecular formula is C30H31N3O2S. The van der Waals surface area contributed by atoms with Gasteiger partial charge >= 0.3 is 6.03 Å². The lowest BCUT2D eigenvalue weighted by Crippen LogP contribution is -2.38. The summed E-state index contributed by atoms with van der Waals surface area (Å²) in [5, 5.41) is 4.46. The minimum atomic E-state index is -0.210. The standard InChI is InChI=1S/C30H31N3O2S/c1-3-35-26-15-6-5-13-24(26)31-30(34)33-19-23-22-12-4-7-16-27(22)36-29(23)32-17-9-14-25(32)28(33)21-11-8-10-20(2)18-21/h5-6,8-11,13-15,17-18,28H,3-4,7,12,16,19H2,1-2H3,(H,31,34)/t28-/m0/s1. The Labute approximate surface area is 216 Å². The first-order valence-electron chi connectivity index (χ1n) is 12.8. The number of thiophene rings is 1. The Bertz CT molecular complexity index is 1420. The number of amides is 2. The second-order valence-corrected chi connectivity index (χ2v) is 10.7. The van der Waals surface area contributed by atoms with Crippen LogP contribution >= 0.6 is 11.3 Å². The van der Waals surface area contributed by atoms with E-state index < -0.39 is 0 Å². The number of ether oxygens (including phenoxy) is 1. The van der Waals surface area contributed by atoms with Gasteiger partial charge in [-0.3, -0.25) is 0 Å². The minimum Gasteiger partial charge on any atom is -0.492 e. The van der Waals surface area contributed by atoms with E-state index in [2.05, 4.69) is 59.4 Å². The maximum atomic E-state index is 14.1. The van der Waals surface area contributed by atoms with Crippen LogP contribution in [0.25, 0.3) is 5.00 Å². The lowest BCUT2D eigenvalue weighted by Gasteiger charge is -2.32. The third-order valence-corrected chi connectivity index (χ3v) is 8.56. The van der Waals surface area contributed by atoms with Crippen molar-refractivity contribution < 1.29 is 9.53 Å². The Kier molecular flexibility index (Phi) is 6.05. The van der Waals surface area contributed by atoms with Crippen molar-refractivity contribution in [1.82, 2.24) is 9.47 Å². The molecule has 0 saturated heterocycles. The van der Waals surface area contributed by atoms with Crippen LogP contribution in [0.5, 0.6) is 5.75 Å². The fraction of sp³-hybridized carbons (Fsp3) is 0.300. The lowest BCUT2D eigenvalue weighted by molar-refractivity contribution is 0.194. The quantitative estimate of drug-likeness (QED) is 0.322. The third-order valence-electron chi connectivity index (χ3n) is 7.23. The number of fused-ring (bicyclic) bond motifs is 5. The van der Waals surface area contributed by atoms with E-state index in [0.29, 0.717) is 24.6 Å². The number of aromatic nitrogens is 1. The van der Waals surface area contributed by atoms with Gasteiger partial charge in [-0.2, -0.15) is 0 Å². The zero-order valence-corrected chi connectivity index (χ0v) is 21.6. The predicted molar refractivity (Wildman–Crippen MR) is 145 cm³/mol. The molecule has 3 heterocycles. The molecule has 1 aliphatic heterocycles. The number of carbonyl (C=O) groups excluding carboxylic acids is 1. The molecule has 2 aromatic carbocycles. The summed E-state index contributed by atoms with van der Waals surface area (Å²) in [6.07, 6.45) is 6.85. The number of aryl methyl sites for hydroxylation is 2. The molecule has 0 bridgehead atoms. The number of hydrogen-bond acceptors (Lipinski definition) is 3. The average molecular weight is 498 g/mol. The molecule has 0 radical (unpaired) electrons. The summed E-state index contributed by atoms with van der Waals surface area (Å²) >= 11 is 1.91. The highest BCUT2D eigenvalue weighted by atomic mass is 32.1. The van der Waals surface area contributed by atoms with Crippen molar-refractivity contribution in [3.8, 4) is 10.8 Å². The third kappa shape index (κ3) is 3.99. The molecule has 6 heteroatoms. The summed E-state index contributed by atoms with van der Waals surface area (Å²) in [6, 6.07) is 20.1. The van der Waals surface area contributed by atoms with Crippen LogP contribution in [0.15, 0.2) is 66.9 Å². The zero-order valence-electron chi connectivity index (χ0n) is 20.8. The van der Waals surface area contributed by atoms with Crippen LogP contribution in [0.2, 0.25) is 0 Å². The Hall–Kier alpha value is -3.51. The number of rotatable bonds is 4. The number of carbonyl (C=O) groups is 1. The van der Waals surface area contributed by atoms with Crippen molar-refractivity contribution in [1.29, 1.82) is 0 Å². The second-order valence-electron chi connectivity index (χ2n) is 9.60. The number of urea groups is 1. The van der Waals surface area contributed by atoms with Crippen molar-refractivity contribution in [3.63, 3.8) is 0 Å². The highest BCUT2D eigenvalue weighted by molar-refractivity contribution is 7.15. The fourth-order valence-electron chi connectivity index (χ4n) is 5.62. The largest absolute Gasteiger partial charge is 0.492 e. The van der Waals surface area contributed by atoms with Crippen LogP contribution in [0, 0.1) is 6.92 Å². The summed E-state index contributed by atoms with van der Waals surface area (Å²) in [6.45, 7) is 5.18. The fourth-order valence-corrected chi connectivity index (χ4v) is 7.02. The second kappa shape index (κ2) is 9.51. The van der Waals surface area contributed by atoms with E-state index in [4.69, 9.17) is 4.74 Å². The topological polar surface area (TPSA) is 46.5 Å². The molecule has 36 heavy (non-hydrogen) atoms. The summed E-state index contributed by atoms with van der Waals surface area (Å²) in [5.41, 5.74) is 6.87. The molecule has 4 aromatic rings. The first kappa shape index (κ1) is 22.9. The Balaban J connectivity index is 1.49. The van der Waals surface area contributed by atoms with Crippen LogP contribution in [0.3, 0.4) is 0 Å². The molecule has 0 fully saturated rings. The van der Waals surface area contributed by atoms with E-state index in [0.717, 1.165) is 24.1 Å². The van der Waals surface area contributed by atoms with Gasteiger partial charge in [-0.1, -0.05) is 42.0 Å². The van der Waals surface area contributed by atoms with Gasteiger partial charge in [0.05, 0.1) is 30.6 Å². The Morgan fingerprint density at radius 3 is 2.78 bits per heavy atom. The van der Waals surface area contributed by atoms with Crippen LogP contribution in [0.4, 0.5) is 10.5 Å². The number of nitrogens with one attached hydrogen (secondary N) is 1. The van der Waals surface area contributed by atoms with E-state index in [9.17, 15) is 4.79 Å². The molecule has 0 saturated carbocycles. The first-order chi connectivity index (χ1) is 17.6. The van der Waals surface area contributed by atoms with E-state index >= 15 is 0 Å². The van der Waals surface area contributed by atoms with Gasteiger partial charge in [-0.15, -0.1) is 11.3 Å². The normalized spacial score (nSPS) is 16.5. The maximum Gasteiger partial charge on any atom is 0.323 e. The summed E-state index contributed by atoms with van der Waals surface area (Å²) < 4.78 is 8.13. The number of anilines is 1. The Morgan fingerprint density at radius 2 is 1.92 bits per heavy atom. The number of hydrogen-bond donors (Lipinski definition) is 1. The van der Waals surface area contributed by atoms with Gasteiger partial charge in [-0.05, 0) is 74.9 Å². The molecule has 0 spiro atoms. The van der Waals surface area contributed by atoms with Gasteiger partial charge in [-0.25, -0.2) is 4.79 Å². The molecular weight excluding hydrogens is 466 g/mol. The van der Waals surface area contributed by atoms with Crippen molar-refractivity contribution in [2.75, 3.05) is 11.9 Å². The molecule has 2 aromatic heterocycles. The van der Waals surface area contributed by atoms with E-state index in [1.165, 1.54) is 39.4 Å². The van der Waals surface area contributed by atoms with Gasteiger partial charge in [0.1, 0.15) is 10.8 Å². The molecule has 1 aliphatic carbocycles. The molecule has 1 N–H and O–H groups in total. The monoisotopic (exact) mass is 497 g/mol. The molecule has 184 valence electrons. The summed E-state index contributed by atoms with van der Waals surface area (Å²) in [4.78, 5) is 17.6. The SMILES string of the molecule is CCOc1ccccc1NC(=O)N1Cc2c(sc3c2CCCC3)-n2cccc2[C@@H]1c1cccc(C)c1. The summed E-state index contributed by atoms with van der Waals surface area (Å²) in [5.74, 6) is 0.687. The van der Waals surface area contributed by atoms with Crippen molar-refractivity contribution >= 4 is 23.1 Å². The number of nitrogens with zero attached hydrogens (tertiary/aromatic N) is 2. The van der Waals surface area contributed by atoms with Gasteiger partial charge in [0, 0.05) is 16.6 Å². The molecule has 0 unspecified atom stereocenters. The average Bonchev–Trinajstić information content (AvgIpc) is 3.47. The molecule has 1 atom stereocenters. The first-order valence-corrected chi connectivity index (χ1v) is 13.6. The van der Waals surface area contributed by atoms with Crippen LogP contribution in [-0.4, -0.2) is 22.1 Å². The molecule has 6 rings (SSSR count). The Morgan fingerprint density at radius 1 is 1.06 bits per heavy atom. The summed E-state index contributed by atoms with van der Waals surface area (Å²) in [7, 11) is 0. The van der Waals surface area contributed by atoms with Crippen molar-refractivity contribution in [3.05, 3.63) is 99.7 Å². The van der Waals surface area contributed by atoms with E-state index in [1.54, 1.807) is 0 Å². The molecule has 2 aliphatic rings. The smallest absolute Gasteiger partial charge is 0.323 e. The zero-order chi connectivity index (χ0) is 24.6.